The van der Waals surface area contributed by atoms with Crippen LogP contribution >= 0.6 is 0 Å². The van der Waals surface area contributed by atoms with Crippen molar-refractivity contribution in [1.29, 1.82) is 0 Å². The van der Waals surface area contributed by atoms with E-state index in [1.54, 1.807) is 0 Å². The van der Waals surface area contributed by atoms with Gasteiger partial charge in [0.1, 0.15) is 0 Å². The van der Waals surface area contributed by atoms with Crippen molar-refractivity contribution in [2.75, 3.05) is 6.61 Å². The first-order chi connectivity index (χ1) is 7.49. The molecule has 0 aliphatic heterocycles. The standard InChI is InChI=1S/C13H20O3/c1-9(14)16-8-12-3-10-2-11(4-12)6-13(15,5-10)7-12/h10-11,15H,2-8H2,1H3. The number of carbonyl (C=O) groups excluding carboxylic acids is 1. The molecule has 4 saturated carbocycles. The minimum Gasteiger partial charge on any atom is -0.465 e. The van der Waals surface area contributed by atoms with Gasteiger partial charge in [-0.25, -0.2) is 0 Å². The normalized spacial score (nSPS) is 49.4. The predicted octanol–water partition coefficient (Wildman–Crippen LogP) is 1.88. The number of hydrogen-bond acceptors (Lipinski definition) is 3. The van der Waals surface area contributed by atoms with Gasteiger partial charge in [-0.1, -0.05) is 0 Å². The summed E-state index contributed by atoms with van der Waals surface area (Å²) in [6.07, 6.45) is 6.39. The van der Waals surface area contributed by atoms with Crippen molar-refractivity contribution in [2.45, 2.75) is 51.0 Å². The number of aliphatic hydroxyl groups is 1. The molecule has 4 bridgehead atoms. The van der Waals surface area contributed by atoms with Crippen LogP contribution < -0.4 is 0 Å². The van der Waals surface area contributed by atoms with Crippen LogP contribution in [0.1, 0.15) is 45.4 Å². The van der Waals surface area contributed by atoms with Gasteiger partial charge in [0.25, 0.3) is 0 Å². The Hall–Kier alpha value is -0.570. The van der Waals surface area contributed by atoms with E-state index in [-0.39, 0.29) is 11.4 Å². The summed E-state index contributed by atoms with van der Waals surface area (Å²) in [6.45, 7) is 1.99. The number of esters is 1. The van der Waals surface area contributed by atoms with E-state index < -0.39 is 5.60 Å². The van der Waals surface area contributed by atoms with Crippen LogP contribution in [-0.4, -0.2) is 23.3 Å². The van der Waals surface area contributed by atoms with E-state index in [9.17, 15) is 9.90 Å². The SMILES string of the molecule is CC(=O)OCC12CC3CC(CC(O)(C3)C1)C2. The van der Waals surface area contributed by atoms with E-state index in [0.29, 0.717) is 18.4 Å². The van der Waals surface area contributed by atoms with E-state index in [1.165, 1.54) is 13.3 Å². The summed E-state index contributed by atoms with van der Waals surface area (Å²) < 4.78 is 5.22. The van der Waals surface area contributed by atoms with E-state index in [2.05, 4.69) is 0 Å². The lowest BCUT2D eigenvalue weighted by Gasteiger charge is -2.59. The summed E-state index contributed by atoms with van der Waals surface area (Å²) in [6, 6.07) is 0. The van der Waals surface area contributed by atoms with E-state index >= 15 is 0 Å². The lowest BCUT2D eigenvalue weighted by molar-refractivity contribution is -0.185. The largest absolute Gasteiger partial charge is 0.465 e. The predicted molar refractivity (Wildman–Crippen MR) is 58.7 cm³/mol. The van der Waals surface area contributed by atoms with Gasteiger partial charge in [0.2, 0.25) is 0 Å². The fourth-order valence-corrected chi connectivity index (χ4v) is 4.83. The van der Waals surface area contributed by atoms with E-state index in [4.69, 9.17) is 4.74 Å². The number of carbonyl (C=O) groups is 1. The molecule has 0 spiro atoms. The molecule has 4 fully saturated rings. The van der Waals surface area contributed by atoms with Gasteiger partial charge in [-0.15, -0.1) is 0 Å². The second kappa shape index (κ2) is 3.22. The van der Waals surface area contributed by atoms with Gasteiger partial charge in [0, 0.05) is 12.3 Å². The van der Waals surface area contributed by atoms with Crippen LogP contribution in [0.4, 0.5) is 0 Å². The first-order valence-electron chi connectivity index (χ1n) is 6.34. The summed E-state index contributed by atoms with van der Waals surface area (Å²) >= 11 is 0. The maximum Gasteiger partial charge on any atom is 0.302 e. The second-order valence-electron chi connectivity index (χ2n) is 6.47. The molecular formula is C13H20O3. The fraction of sp³-hybridized carbons (Fsp3) is 0.923. The molecule has 2 unspecified atom stereocenters. The van der Waals surface area contributed by atoms with Crippen molar-refractivity contribution in [2.24, 2.45) is 17.3 Å². The Kier molecular flexibility index (Phi) is 2.13. The van der Waals surface area contributed by atoms with Gasteiger partial charge in [0.05, 0.1) is 12.2 Å². The zero-order valence-corrected chi connectivity index (χ0v) is 9.87. The highest BCUT2D eigenvalue weighted by Crippen LogP contribution is 2.61. The van der Waals surface area contributed by atoms with Gasteiger partial charge in [-0.05, 0) is 50.4 Å². The Morgan fingerprint density at radius 3 is 2.44 bits per heavy atom. The maximum absolute atomic E-state index is 10.9. The molecule has 16 heavy (non-hydrogen) atoms. The average Bonchev–Trinajstić information content (AvgIpc) is 2.10. The first-order valence-corrected chi connectivity index (χ1v) is 6.34. The minimum absolute atomic E-state index is 0.102. The van der Waals surface area contributed by atoms with Crippen molar-refractivity contribution < 1.29 is 14.6 Å². The summed E-state index contributed by atoms with van der Waals surface area (Å²) in [7, 11) is 0. The smallest absolute Gasteiger partial charge is 0.302 e. The van der Waals surface area contributed by atoms with Crippen LogP contribution in [0.25, 0.3) is 0 Å². The summed E-state index contributed by atoms with van der Waals surface area (Å²) in [5.41, 5.74) is -0.339. The molecule has 3 heteroatoms. The van der Waals surface area contributed by atoms with Crippen LogP contribution in [0.2, 0.25) is 0 Å². The van der Waals surface area contributed by atoms with E-state index in [1.807, 2.05) is 0 Å². The van der Waals surface area contributed by atoms with E-state index in [0.717, 1.165) is 32.1 Å². The van der Waals surface area contributed by atoms with Crippen molar-refractivity contribution in [3.63, 3.8) is 0 Å². The summed E-state index contributed by atoms with van der Waals surface area (Å²) in [5, 5.41) is 10.5. The molecule has 4 rings (SSSR count). The highest BCUT2D eigenvalue weighted by molar-refractivity contribution is 5.65. The molecule has 1 N–H and O–H groups in total. The van der Waals surface area contributed by atoms with Crippen LogP contribution in [-0.2, 0) is 9.53 Å². The van der Waals surface area contributed by atoms with Gasteiger partial charge in [-0.3, -0.25) is 4.79 Å². The Bertz CT molecular complexity index is 309. The van der Waals surface area contributed by atoms with Crippen LogP contribution in [0, 0.1) is 17.3 Å². The molecule has 0 aromatic heterocycles. The number of rotatable bonds is 2. The molecule has 0 heterocycles. The van der Waals surface area contributed by atoms with Crippen molar-refractivity contribution in [1.82, 2.24) is 0 Å². The summed E-state index contributed by atoms with van der Waals surface area (Å²) in [4.78, 5) is 10.9. The highest BCUT2D eigenvalue weighted by Gasteiger charge is 2.57. The number of hydrogen-bond donors (Lipinski definition) is 1. The lowest BCUT2D eigenvalue weighted by Crippen LogP contribution is -2.57. The van der Waals surface area contributed by atoms with Crippen molar-refractivity contribution >= 4 is 5.97 Å². The molecule has 3 nitrogen and oxygen atoms in total. The van der Waals surface area contributed by atoms with Crippen LogP contribution in [0.3, 0.4) is 0 Å². The molecule has 4 aliphatic rings. The van der Waals surface area contributed by atoms with Crippen molar-refractivity contribution in [3.8, 4) is 0 Å². The monoisotopic (exact) mass is 224 g/mol. The highest BCUT2D eigenvalue weighted by atomic mass is 16.5. The Morgan fingerprint density at radius 1 is 1.31 bits per heavy atom. The third-order valence-corrected chi connectivity index (χ3v) is 4.73. The van der Waals surface area contributed by atoms with Gasteiger partial charge >= 0.3 is 5.97 Å². The molecule has 2 atom stereocenters. The molecule has 4 aliphatic carbocycles. The molecule has 0 radical (unpaired) electrons. The molecule has 90 valence electrons. The first kappa shape index (κ1) is 10.6. The summed E-state index contributed by atoms with van der Waals surface area (Å²) in [5.74, 6) is 1.14. The fourth-order valence-electron chi connectivity index (χ4n) is 4.83. The molecule has 0 aromatic rings. The Balaban J connectivity index is 1.78. The van der Waals surface area contributed by atoms with Gasteiger partial charge < -0.3 is 9.84 Å². The number of ether oxygens (including phenoxy) is 1. The lowest BCUT2D eigenvalue weighted by atomic mass is 9.48. The zero-order chi connectivity index (χ0) is 11.4. The van der Waals surface area contributed by atoms with Gasteiger partial charge in [-0.2, -0.15) is 0 Å². The Morgan fingerprint density at radius 2 is 1.94 bits per heavy atom. The van der Waals surface area contributed by atoms with Gasteiger partial charge in [0.15, 0.2) is 0 Å². The third kappa shape index (κ3) is 1.65. The average molecular weight is 224 g/mol. The molecular weight excluding hydrogens is 204 g/mol. The third-order valence-electron chi connectivity index (χ3n) is 4.73. The minimum atomic E-state index is -0.440. The zero-order valence-electron chi connectivity index (χ0n) is 9.87. The second-order valence-corrected chi connectivity index (χ2v) is 6.47. The molecule has 0 saturated heterocycles. The van der Waals surface area contributed by atoms with Crippen molar-refractivity contribution in [3.05, 3.63) is 0 Å². The molecule has 0 aromatic carbocycles. The van der Waals surface area contributed by atoms with Crippen LogP contribution in [0.15, 0.2) is 0 Å². The topological polar surface area (TPSA) is 46.5 Å². The maximum atomic E-state index is 10.9. The Labute approximate surface area is 96.2 Å². The quantitative estimate of drug-likeness (QED) is 0.728. The van der Waals surface area contributed by atoms with Crippen LogP contribution in [0.5, 0.6) is 0 Å². The molecule has 0 amide bonds.